The Morgan fingerprint density at radius 2 is 2.00 bits per heavy atom. The van der Waals surface area contributed by atoms with Gasteiger partial charge in [-0.3, -0.25) is 4.90 Å². The van der Waals surface area contributed by atoms with Crippen LogP contribution in [0.4, 0.5) is 4.39 Å². The molecule has 0 aromatic heterocycles. The fourth-order valence-corrected chi connectivity index (χ4v) is 4.04. The van der Waals surface area contributed by atoms with Gasteiger partial charge in [0.05, 0.1) is 0 Å². The number of hydrogen-bond donors (Lipinski definition) is 1. The van der Waals surface area contributed by atoms with Gasteiger partial charge >= 0.3 is 0 Å². The number of benzene rings is 1. The summed E-state index contributed by atoms with van der Waals surface area (Å²) in [5.74, 6) is 1.10. The summed E-state index contributed by atoms with van der Waals surface area (Å²) >= 11 is 0. The minimum Gasteiger partial charge on any atom is -0.329 e. The summed E-state index contributed by atoms with van der Waals surface area (Å²) in [5.41, 5.74) is 6.94. The standard InChI is InChI=1S/C18H29FN2/c1-13-9-10-14(2)18(11-13,12-20)21(4)15(3)16-7-5-6-8-17(16)19/h5-8,13-15H,9-12,20H2,1-4H3. The molecule has 4 atom stereocenters. The molecule has 2 rings (SSSR count). The molecule has 0 aliphatic heterocycles. The maximum Gasteiger partial charge on any atom is 0.127 e. The third-order valence-electron chi connectivity index (χ3n) is 5.70. The van der Waals surface area contributed by atoms with Crippen LogP contribution in [-0.4, -0.2) is 24.0 Å². The van der Waals surface area contributed by atoms with Crippen LogP contribution in [-0.2, 0) is 0 Å². The van der Waals surface area contributed by atoms with Crippen molar-refractivity contribution in [2.45, 2.75) is 51.6 Å². The van der Waals surface area contributed by atoms with Crippen molar-refractivity contribution < 1.29 is 4.39 Å². The van der Waals surface area contributed by atoms with Crippen LogP contribution in [0.5, 0.6) is 0 Å². The monoisotopic (exact) mass is 292 g/mol. The zero-order chi connectivity index (χ0) is 15.6. The Bertz CT molecular complexity index is 476. The fourth-order valence-electron chi connectivity index (χ4n) is 4.04. The second-order valence-electron chi connectivity index (χ2n) is 6.90. The average Bonchev–Trinajstić information content (AvgIpc) is 2.49. The molecule has 3 heteroatoms. The average molecular weight is 292 g/mol. The molecule has 4 unspecified atom stereocenters. The van der Waals surface area contributed by atoms with Crippen LogP contribution in [0.2, 0.25) is 0 Å². The van der Waals surface area contributed by atoms with Crippen molar-refractivity contribution in [2.75, 3.05) is 13.6 Å². The van der Waals surface area contributed by atoms with E-state index >= 15 is 0 Å². The van der Waals surface area contributed by atoms with Gasteiger partial charge in [-0.25, -0.2) is 4.39 Å². The van der Waals surface area contributed by atoms with Crippen LogP contribution in [0.1, 0.15) is 51.6 Å². The lowest BCUT2D eigenvalue weighted by Crippen LogP contribution is -2.59. The first-order valence-electron chi connectivity index (χ1n) is 8.09. The molecule has 0 saturated heterocycles. The van der Waals surface area contributed by atoms with E-state index in [2.05, 4.69) is 32.7 Å². The molecule has 118 valence electrons. The number of hydrogen-bond acceptors (Lipinski definition) is 2. The first-order valence-corrected chi connectivity index (χ1v) is 8.09. The summed E-state index contributed by atoms with van der Waals surface area (Å²) in [7, 11) is 2.11. The SMILES string of the molecule is CC1CCC(C)C(CN)(N(C)C(C)c2ccccc2F)C1. The molecule has 0 bridgehead atoms. The van der Waals surface area contributed by atoms with Crippen molar-refractivity contribution in [1.82, 2.24) is 4.90 Å². The van der Waals surface area contributed by atoms with Crippen LogP contribution in [0, 0.1) is 17.7 Å². The van der Waals surface area contributed by atoms with Crippen molar-refractivity contribution in [3.8, 4) is 0 Å². The van der Waals surface area contributed by atoms with Crippen molar-refractivity contribution in [3.05, 3.63) is 35.6 Å². The smallest absolute Gasteiger partial charge is 0.127 e. The van der Waals surface area contributed by atoms with Crippen LogP contribution >= 0.6 is 0 Å². The minimum absolute atomic E-state index is 0.0284. The van der Waals surface area contributed by atoms with E-state index in [-0.39, 0.29) is 17.4 Å². The van der Waals surface area contributed by atoms with Crippen molar-refractivity contribution in [2.24, 2.45) is 17.6 Å². The highest BCUT2D eigenvalue weighted by Gasteiger charge is 2.44. The Balaban J connectivity index is 2.31. The van der Waals surface area contributed by atoms with Gasteiger partial charge in [0, 0.05) is 23.7 Å². The van der Waals surface area contributed by atoms with E-state index < -0.39 is 0 Å². The molecule has 0 spiro atoms. The van der Waals surface area contributed by atoms with Crippen LogP contribution in [0.25, 0.3) is 0 Å². The number of nitrogens with two attached hydrogens (primary N) is 1. The van der Waals surface area contributed by atoms with E-state index in [1.165, 1.54) is 12.8 Å². The van der Waals surface area contributed by atoms with E-state index in [0.717, 1.165) is 12.0 Å². The number of likely N-dealkylation sites (N-methyl/N-ethyl adjacent to an activating group) is 1. The molecule has 21 heavy (non-hydrogen) atoms. The first-order chi connectivity index (χ1) is 9.92. The second kappa shape index (κ2) is 6.45. The molecule has 2 N–H and O–H groups in total. The van der Waals surface area contributed by atoms with Gasteiger partial charge in [-0.05, 0) is 44.7 Å². The van der Waals surface area contributed by atoms with Gasteiger partial charge in [0.2, 0.25) is 0 Å². The molecule has 1 saturated carbocycles. The zero-order valence-electron chi connectivity index (χ0n) is 13.8. The molecule has 2 nitrogen and oxygen atoms in total. The normalized spacial score (nSPS) is 31.4. The molecule has 1 aromatic rings. The molecule has 1 aliphatic carbocycles. The summed E-state index contributed by atoms with van der Waals surface area (Å²) in [6.07, 6.45) is 3.57. The highest BCUT2D eigenvalue weighted by atomic mass is 19.1. The zero-order valence-corrected chi connectivity index (χ0v) is 13.8. The molecule has 1 fully saturated rings. The van der Waals surface area contributed by atoms with Gasteiger partial charge in [0.25, 0.3) is 0 Å². The molecule has 1 aliphatic rings. The van der Waals surface area contributed by atoms with Crippen LogP contribution in [0.3, 0.4) is 0 Å². The van der Waals surface area contributed by atoms with Gasteiger partial charge in [0.15, 0.2) is 0 Å². The maximum atomic E-state index is 14.1. The summed E-state index contributed by atoms with van der Waals surface area (Å²) in [6, 6.07) is 7.11. The molecule has 0 heterocycles. The summed E-state index contributed by atoms with van der Waals surface area (Å²) in [6.45, 7) is 7.32. The Labute approximate surface area is 128 Å². The molecular formula is C18H29FN2. The van der Waals surface area contributed by atoms with E-state index in [9.17, 15) is 4.39 Å². The summed E-state index contributed by atoms with van der Waals surface area (Å²) in [5, 5.41) is 0. The highest BCUT2D eigenvalue weighted by molar-refractivity contribution is 5.21. The van der Waals surface area contributed by atoms with E-state index in [0.29, 0.717) is 18.4 Å². The van der Waals surface area contributed by atoms with Gasteiger partial charge in [-0.2, -0.15) is 0 Å². The first kappa shape index (κ1) is 16.4. The number of nitrogens with zero attached hydrogens (tertiary/aromatic N) is 1. The Morgan fingerprint density at radius 1 is 1.33 bits per heavy atom. The molecule has 0 radical (unpaired) electrons. The van der Waals surface area contributed by atoms with E-state index in [4.69, 9.17) is 5.73 Å². The minimum atomic E-state index is -0.125. The lowest BCUT2D eigenvalue weighted by molar-refractivity contribution is -0.0107. The van der Waals surface area contributed by atoms with Crippen LogP contribution < -0.4 is 5.73 Å². The highest BCUT2D eigenvalue weighted by Crippen LogP contribution is 2.43. The predicted molar refractivity (Wildman–Crippen MR) is 86.5 cm³/mol. The summed E-state index contributed by atoms with van der Waals surface area (Å²) < 4.78 is 14.1. The van der Waals surface area contributed by atoms with Gasteiger partial charge in [-0.15, -0.1) is 0 Å². The lowest BCUT2D eigenvalue weighted by atomic mass is 9.68. The quantitative estimate of drug-likeness (QED) is 0.909. The number of rotatable bonds is 4. The Hall–Kier alpha value is -0.930. The predicted octanol–water partition coefficient (Wildman–Crippen LogP) is 3.97. The second-order valence-corrected chi connectivity index (χ2v) is 6.90. The topological polar surface area (TPSA) is 29.3 Å². The largest absolute Gasteiger partial charge is 0.329 e. The summed E-state index contributed by atoms with van der Waals surface area (Å²) in [4.78, 5) is 2.33. The van der Waals surface area contributed by atoms with Gasteiger partial charge < -0.3 is 5.73 Å². The fraction of sp³-hybridized carbons (Fsp3) is 0.667. The van der Waals surface area contributed by atoms with Gasteiger partial charge in [0.1, 0.15) is 5.82 Å². The maximum absolute atomic E-state index is 14.1. The third-order valence-corrected chi connectivity index (χ3v) is 5.70. The van der Waals surface area contributed by atoms with Crippen LogP contribution in [0.15, 0.2) is 24.3 Å². The molecule has 0 amide bonds. The van der Waals surface area contributed by atoms with E-state index in [1.807, 2.05) is 12.1 Å². The lowest BCUT2D eigenvalue weighted by Gasteiger charge is -2.52. The van der Waals surface area contributed by atoms with Crippen molar-refractivity contribution in [1.29, 1.82) is 0 Å². The number of halogens is 1. The van der Waals surface area contributed by atoms with Crippen molar-refractivity contribution >= 4 is 0 Å². The van der Waals surface area contributed by atoms with E-state index in [1.54, 1.807) is 12.1 Å². The van der Waals surface area contributed by atoms with Gasteiger partial charge in [-0.1, -0.05) is 38.5 Å². The Morgan fingerprint density at radius 3 is 2.62 bits per heavy atom. The Kier molecular flexibility index (Phi) is 5.05. The molecular weight excluding hydrogens is 263 g/mol. The third kappa shape index (κ3) is 3.00. The van der Waals surface area contributed by atoms with Crippen molar-refractivity contribution in [3.63, 3.8) is 0 Å². The molecule has 1 aromatic carbocycles.